The number of esters is 1. The summed E-state index contributed by atoms with van der Waals surface area (Å²) in [5.74, 6) is -0.241. The Labute approximate surface area is 152 Å². The summed E-state index contributed by atoms with van der Waals surface area (Å²) in [4.78, 5) is 23.8. The zero-order valence-corrected chi connectivity index (χ0v) is 14.9. The molecular weight excluding hydrogens is 338 g/mol. The molecule has 7 nitrogen and oxygen atoms in total. The summed E-state index contributed by atoms with van der Waals surface area (Å²) in [6, 6.07) is 9.58. The molecule has 7 heteroatoms. The third-order valence-electron chi connectivity index (χ3n) is 4.52. The Morgan fingerprint density at radius 1 is 1.08 bits per heavy atom. The number of ether oxygens (including phenoxy) is 4. The number of rotatable bonds is 7. The SMILES string of the molecule is CCCCC(=O)O[C@@H]1CO[C@H]2[C@@H]1OC[C@@H]2OC(=O)NCc1ccccc1. The van der Waals surface area contributed by atoms with Crippen molar-refractivity contribution < 1.29 is 28.5 Å². The van der Waals surface area contributed by atoms with E-state index in [0.717, 1.165) is 18.4 Å². The van der Waals surface area contributed by atoms with Crippen molar-refractivity contribution in [2.75, 3.05) is 13.2 Å². The smallest absolute Gasteiger partial charge is 0.407 e. The third-order valence-corrected chi connectivity index (χ3v) is 4.52. The lowest BCUT2D eigenvalue weighted by Crippen LogP contribution is -2.38. The van der Waals surface area contributed by atoms with Gasteiger partial charge in [-0.1, -0.05) is 43.7 Å². The number of hydrogen-bond acceptors (Lipinski definition) is 6. The minimum absolute atomic E-state index is 0.233. The Kier molecular flexibility index (Phi) is 6.46. The van der Waals surface area contributed by atoms with Crippen LogP contribution in [-0.4, -0.2) is 49.7 Å². The minimum Gasteiger partial charge on any atom is -0.457 e. The molecule has 0 radical (unpaired) electrons. The molecule has 0 spiro atoms. The second-order valence-corrected chi connectivity index (χ2v) is 6.51. The van der Waals surface area contributed by atoms with Crippen molar-refractivity contribution in [3.05, 3.63) is 35.9 Å². The van der Waals surface area contributed by atoms with Gasteiger partial charge < -0.3 is 24.3 Å². The zero-order valence-electron chi connectivity index (χ0n) is 14.9. The highest BCUT2D eigenvalue weighted by molar-refractivity contribution is 5.69. The van der Waals surface area contributed by atoms with Crippen LogP contribution >= 0.6 is 0 Å². The maximum absolute atomic E-state index is 12.0. The molecule has 1 aromatic rings. The molecule has 0 aromatic heterocycles. The average molecular weight is 363 g/mol. The minimum atomic E-state index is -0.518. The molecule has 4 atom stereocenters. The molecule has 1 aromatic carbocycles. The number of alkyl carbamates (subject to hydrolysis) is 1. The molecule has 26 heavy (non-hydrogen) atoms. The van der Waals surface area contributed by atoms with Gasteiger partial charge in [-0.05, 0) is 12.0 Å². The van der Waals surface area contributed by atoms with E-state index >= 15 is 0 Å². The van der Waals surface area contributed by atoms with E-state index in [4.69, 9.17) is 18.9 Å². The summed E-state index contributed by atoms with van der Waals surface area (Å²) in [5.41, 5.74) is 0.987. The first-order valence-corrected chi connectivity index (χ1v) is 9.08. The van der Waals surface area contributed by atoms with Crippen molar-refractivity contribution in [1.29, 1.82) is 0 Å². The Hall–Kier alpha value is -2.12. The van der Waals surface area contributed by atoms with Crippen molar-refractivity contribution in [3.63, 3.8) is 0 Å². The second kappa shape index (κ2) is 9.00. The Morgan fingerprint density at radius 2 is 1.73 bits per heavy atom. The molecule has 2 fully saturated rings. The summed E-state index contributed by atoms with van der Waals surface area (Å²) in [6.45, 7) is 2.91. The fraction of sp³-hybridized carbons (Fsp3) is 0.579. The highest BCUT2D eigenvalue weighted by atomic mass is 16.7. The summed E-state index contributed by atoms with van der Waals surface area (Å²) >= 11 is 0. The van der Waals surface area contributed by atoms with Gasteiger partial charge >= 0.3 is 12.1 Å². The van der Waals surface area contributed by atoms with Crippen molar-refractivity contribution in [3.8, 4) is 0 Å². The van der Waals surface area contributed by atoms with Crippen LogP contribution in [0.3, 0.4) is 0 Å². The van der Waals surface area contributed by atoms with E-state index in [1.807, 2.05) is 37.3 Å². The highest BCUT2D eigenvalue weighted by Gasteiger charge is 2.51. The Bertz CT molecular complexity index is 607. The van der Waals surface area contributed by atoms with E-state index in [1.54, 1.807) is 0 Å². The molecule has 0 aliphatic carbocycles. The lowest BCUT2D eigenvalue weighted by Gasteiger charge is -2.17. The van der Waals surface area contributed by atoms with Gasteiger partial charge in [-0.3, -0.25) is 4.79 Å². The van der Waals surface area contributed by atoms with Gasteiger partial charge in [0.2, 0.25) is 0 Å². The summed E-state index contributed by atoms with van der Waals surface area (Å²) in [5, 5.41) is 2.71. The van der Waals surface area contributed by atoms with Crippen LogP contribution in [0.5, 0.6) is 0 Å². The molecule has 3 rings (SSSR count). The molecule has 2 aliphatic rings. The van der Waals surface area contributed by atoms with Crippen molar-refractivity contribution in [2.24, 2.45) is 0 Å². The predicted octanol–water partition coefficient (Wildman–Crippen LogP) is 2.18. The van der Waals surface area contributed by atoms with E-state index in [9.17, 15) is 9.59 Å². The first kappa shape index (κ1) is 18.7. The second-order valence-electron chi connectivity index (χ2n) is 6.51. The van der Waals surface area contributed by atoms with Gasteiger partial charge in [-0.15, -0.1) is 0 Å². The number of unbranched alkanes of at least 4 members (excludes halogenated alkanes) is 1. The van der Waals surface area contributed by atoms with Gasteiger partial charge in [0, 0.05) is 13.0 Å². The van der Waals surface area contributed by atoms with Gasteiger partial charge in [-0.25, -0.2) is 4.79 Å². The Morgan fingerprint density at radius 3 is 2.38 bits per heavy atom. The predicted molar refractivity (Wildman–Crippen MR) is 92.4 cm³/mol. The van der Waals surface area contributed by atoms with Crippen LogP contribution in [0.1, 0.15) is 31.7 Å². The molecule has 0 unspecified atom stereocenters. The molecule has 0 bridgehead atoms. The third kappa shape index (κ3) is 4.74. The van der Waals surface area contributed by atoms with Gasteiger partial charge in [0.1, 0.15) is 12.2 Å². The topological polar surface area (TPSA) is 83.1 Å². The summed E-state index contributed by atoms with van der Waals surface area (Å²) in [6.07, 6.45) is -0.113. The lowest BCUT2D eigenvalue weighted by molar-refractivity contribution is -0.153. The fourth-order valence-electron chi connectivity index (χ4n) is 3.13. The van der Waals surface area contributed by atoms with E-state index in [-0.39, 0.29) is 25.3 Å². The molecule has 0 saturated carbocycles. The summed E-state index contributed by atoms with van der Waals surface area (Å²) < 4.78 is 22.2. The highest BCUT2D eigenvalue weighted by Crippen LogP contribution is 2.30. The number of amides is 1. The van der Waals surface area contributed by atoms with Crippen LogP contribution in [0, 0.1) is 0 Å². The first-order valence-electron chi connectivity index (χ1n) is 9.08. The van der Waals surface area contributed by atoms with Crippen molar-refractivity contribution >= 4 is 12.1 Å². The van der Waals surface area contributed by atoms with Crippen LogP contribution in [-0.2, 0) is 30.3 Å². The molecule has 2 saturated heterocycles. The van der Waals surface area contributed by atoms with Gasteiger partial charge in [-0.2, -0.15) is 0 Å². The van der Waals surface area contributed by atoms with Crippen LogP contribution < -0.4 is 5.32 Å². The van der Waals surface area contributed by atoms with Crippen molar-refractivity contribution in [1.82, 2.24) is 5.32 Å². The number of fused-ring (bicyclic) bond motifs is 1. The molecule has 2 aliphatic heterocycles. The van der Waals surface area contributed by atoms with Crippen LogP contribution in [0.15, 0.2) is 30.3 Å². The maximum atomic E-state index is 12.0. The largest absolute Gasteiger partial charge is 0.457 e. The monoisotopic (exact) mass is 363 g/mol. The summed E-state index contributed by atoms with van der Waals surface area (Å²) in [7, 11) is 0. The number of nitrogens with one attached hydrogen (secondary N) is 1. The first-order chi connectivity index (χ1) is 12.7. The maximum Gasteiger partial charge on any atom is 0.407 e. The normalized spacial score (nSPS) is 27.0. The molecular formula is C19H25NO6. The zero-order chi connectivity index (χ0) is 18.4. The molecule has 142 valence electrons. The van der Waals surface area contributed by atoms with E-state index < -0.39 is 24.4 Å². The van der Waals surface area contributed by atoms with E-state index in [1.165, 1.54) is 0 Å². The lowest BCUT2D eigenvalue weighted by atomic mass is 10.1. The number of benzene rings is 1. The number of carbonyl (C=O) groups excluding carboxylic acids is 2. The van der Waals surface area contributed by atoms with Gasteiger partial charge in [0.25, 0.3) is 0 Å². The number of hydrogen-bond donors (Lipinski definition) is 1. The van der Waals surface area contributed by atoms with Gasteiger partial charge in [0.15, 0.2) is 12.2 Å². The van der Waals surface area contributed by atoms with Crippen LogP contribution in [0.4, 0.5) is 4.79 Å². The van der Waals surface area contributed by atoms with Gasteiger partial charge in [0.05, 0.1) is 13.2 Å². The van der Waals surface area contributed by atoms with Crippen LogP contribution in [0.25, 0.3) is 0 Å². The molecule has 1 amide bonds. The molecule has 1 N–H and O–H groups in total. The van der Waals surface area contributed by atoms with E-state index in [2.05, 4.69) is 5.32 Å². The number of carbonyl (C=O) groups is 2. The van der Waals surface area contributed by atoms with Crippen LogP contribution in [0.2, 0.25) is 0 Å². The fourth-order valence-corrected chi connectivity index (χ4v) is 3.13. The average Bonchev–Trinajstić information content (AvgIpc) is 3.23. The standard InChI is InChI=1S/C19H25NO6/c1-2-3-9-16(21)25-14-11-23-18-15(12-24-17(14)18)26-19(22)20-10-13-7-5-4-6-8-13/h4-8,14-15,17-18H,2-3,9-12H2,1H3,(H,20,22)/t14-,15+,17-,18-/m1/s1. The Balaban J connectivity index is 1.44. The molecule has 2 heterocycles. The van der Waals surface area contributed by atoms with Crippen molar-refractivity contribution in [2.45, 2.75) is 57.1 Å². The quantitative estimate of drug-likeness (QED) is 0.748. The van der Waals surface area contributed by atoms with E-state index in [0.29, 0.717) is 13.0 Å².